The molecule has 1 heterocycles. The third-order valence-corrected chi connectivity index (χ3v) is 1.90. The van der Waals surface area contributed by atoms with Gasteiger partial charge in [-0.15, -0.1) is 0 Å². The molecule has 4 nitrogen and oxygen atoms in total. The van der Waals surface area contributed by atoms with Gasteiger partial charge in [0.25, 0.3) is 0 Å². The summed E-state index contributed by atoms with van der Waals surface area (Å²) in [5, 5.41) is 8.81. The van der Waals surface area contributed by atoms with E-state index in [9.17, 15) is 4.79 Å². The number of carboxylic acid groups (broad SMARTS) is 1. The Kier molecular flexibility index (Phi) is 3.06. The van der Waals surface area contributed by atoms with E-state index in [0.29, 0.717) is 0 Å². The van der Waals surface area contributed by atoms with Gasteiger partial charge in [-0.25, -0.2) is 9.78 Å². The Morgan fingerprint density at radius 1 is 1.50 bits per heavy atom. The number of rotatable bonds is 3. The topological polar surface area (TPSA) is 59.4 Å². The van der Waals surface area contributed by atoms with Crippen molar-refractivity contribution >= 4 is 5.97 Å². The normalized spacial score (nSPS) is 10.3. The monoisotopic (exact) mass is 195 g/mol. The molecule has 0 bridgehead atoms. The summed E-state index contributed by atoms with van der Waals surface area (Å²) < 4.78 is 4.91. The molecule has 0 aliphatic heterocycles. The maximum Gasteiger partial charge on any atom is 0.341 e. The van der Waals surface area contributed by atoms with E-state index >= 15 is 0 Å². The van der Waals surface area contributed by atoms with Crippen molar-refractivity contribution in [3.8, 4) is 5.88 Å². The molecule has 0 saturated heterocycles. The van der Waals surface area contributed by atoms with Gasteiger partial charge < -0.3 is 9.84 Å². The summed E-state index contributed by atoms with van der Waals surface area (Å²) in [5.74, 6) is -0.597. The molecule has 0 aliphatic carbocycles. The first-order chi connectivity index (χ1) is 6.56. The molecule has 0 spiro atoms. The second kappa shape index (κ2) is 4.09. The summed E-state index contributed by atoms with van der Waals surface area (Å²) in [6.45, 7) is 3.98. The van der Waals surface area contributed by atoms with Crippen LogP contribution in [0.3, 0.4) is 0 Å². The largest absolute Gasteiger partial charge is 0.480 e. The first kappa shape index (κ1) is 10.5. The first-order valence-electron chi connectivity index (χ1n) is 4.34. The summed E-state index contributed by atoms with van der Waals surface area (Å²) in [6.07, 6.45) is 0. The molecule has 1 rings (SSSR count). The van der Waals surface area contributed by atoms with Gasteiger partial charge in [-0.05, 0) is 18.1 Å². The molecule has 0 saturated carbocycles. The summed E-state index contributed by atoms with van der Waals surface area (Å²) in [4.78, 5) is 14.9. The highest BCUT2D eigenvalue weighted by Crippen LogP contribution is 2.20. The van der Waals surface area contributed by atoms with Crippen LogP contribution < -0.4 is 4.74 Å². The maximum atomic E-state index is 10.7. The Hall–Kier alpha value is -1.58. The highest BCUT2D eigenvalue weighted by Gasteiger charge is 2.13. The maximum absolute atomic E-state index is 10.7. The minimum absolute atomic E-state index is 0.0944. The molecule has 0 amide bonds. The van der Waals surface area contributed by atoms with Crippen molar-refractivity contribution in [2.24, 2.45) is 0 Å². The average Bonchev–Trinajstić information content (AvgIpc) is 2.16. The quantitative estimate of drug-likeness (QED) is 0.800. The number of nitrogens with zero attached hydrogens (tertiary/aromatic N) is 1. The van der Waals surface area contributed by atoms with Gasteiger partial charge in [0.05, 0.1) is 7.11 Å². The predicted molar refractivity (Wildman–Crippen MR) is 51.8 cm³/mol. The van der Waals surface area contributed by atoms with Crippen LogP contribution in [0.5, 0.6) is 5.88 Å². The molecule has 1 N–H and O–H groups in total. The summed E-state index contributed by atoms with van der Waals surface area (Å²) in [7, 11) is 1.42. The molecular weight excluding hydrogens is 182 g/mol. The van der Waals surface area contributed by atoms with Crippen molar-refractivity contribution in [3.63, 3.8) is 0 Å². The molecule has 4 heteroatoms. The number of aromatic carboxylic acids is 1. The lowest BCUT2D eigenvalue weighted by Crippen LogP contribution is -2.04. The number of carbonyl (C=O) groups is 1. The van der Waals surface area contributed by atoms with E-state index < -0.39 is 5.97 Å². The lowest BCUT2D eigenvalue weighted by atomic mass is 10.1. The van der Waals surface area contributed by atoms with Crippen LogP contribution in [0.25, 0.3) is 0 Å². The van der Waals surface area contributed by atoms with Crippen LogP contribution in [0, 0.1) is 0 Å². The molecule has 76 valence electrons. The first-order valence-corrected chi connectivity index (χ1v) is 4.34. The molecule has 0 fully saturated rings. The van der Waals surface area contributed by atoms with Gasteiger partial charge in [-0.1, -0.05) is 13.8 Å². The lowest BCUT2D eigenvalue weighted by molar-refractivity contribution is 0.0692. The zero-order valence-corrected chi connectivity index (χ0v) is 8.44. The molecule has 1 aromatic heterocycles. The van der Waals surface area contributed by atoms with Gasteiger partial charge in [-0.3, -0.25) is 0 Å². The standard InChI is InChI=1S/C10H13NO3/c1-6(2)8-5-4-7(10(12)13)9(11-8)14-3/h4-6H,1-3H3,(H,12,13). The van der Waals surface area contributed by atoms with E-state index in [2.05, 4.69) is 4.98 Å². The van der Waals surface area contributed by atoms with Crippen LogP contribution in [0.15, 0.2) is 12.1 Å². The number of hydrogen-bond donors (Lipinski definition) is 1. The lowest BCUT2D eigenvalue weighted by Gasteiger charge is -2.08. The second-order valence-corrected chi connectivity index (χ2v) is 3.25. The third-order valence-electron chi connectivity index (χ3n) is 1.90. The van der Waals surface area contributed by atoms with Crippen LogP contribution in [0.1, 0.15) is 35.8 Å². The molecule has 0 unspecified atom stereocenters. The Morgan fingerprint density at radius 2 is 2.14 bits per heavy atom. The number of aromatic nitrogens is 1. The smallest absolute Gasteiger partial charge is 0.341 e. The van der Waals surface area contributed by atoms with Gasteiger partial charge in [0.1, 0.15) is 5.56 Å². The van der Waals surface area contributed by atoms with Gasteiger partial charge in [0.2, 0.25) is 5.88 Å². The van der Waals surface area contributed by atoms with Gasteiger partial charge in [-0.2, -0.15) is 0 Å². The van der Waals surface area contributed by atoms with Gasteiger partial charge in [0.15, 0.2) is 0 Å². The van der Waals surface area contributed by atoms with Crippen molar-refractivity contribution in [2.45, 2.75) is 19.8 Å². The fraction of sp³-hybridized carbons (Fsp3) is 0.400. The number of ether oxygens (including phenoxy) is 1. The number of methoxy groups -OCH3 is 1. The molecule has 1 aromatic rings. The van der Waals surface area contributed by atoms with Crippen LogP contribution in [-0.4, -0.2) is 23.2 Å². The van der Waals surface area contributed by atoms with E-state index in [4.69, 9.17) is 9.84 Å². The van der Waals surface area contributed by atoms with E-state index in [-0.39, 0.29) is 17.4 Å². The number of carboxylic acids is 1. The van der Waals surface area contributed by atoms with Crippen LogP contribution in [0.4, 0.5) is 0 Å². The van der Waals surface area contributed by atoms with E-state index in [1.54, 1.807) is 6.07 Å². The Balaban J connectivity index is 3.18. The molecule has 0 aromatic carbocycles. The van der Waals surface area contributed by atoms with E-state index in [1.807, 2.05) is 13.8 Å². The summed E-state index contributed by atoms with van der Waals surface area (Å²) >= 11 is 0. The van der Waals surface area contributed by atoms with Crippen molar-refractivity contribution in [1.29, 1.82) is 0 Å². The van der Waals surface area contributed by atoms with Gasteiger partial charge in [0, 0.05) is 5.69 Å². The molecule has 0 atom stereocenters. The van der Waals surface area contributed by atoms with Crippen molar-refractivity contribution in [2.75, 3.05) is 7.11 Å². The van der Waals surface area contributed by atoms with Crippen molar-refractivity contribution in [3.05, 3.63) is 23.4 Å². The van der Waals surface area contributed by atoms with Crippen LogP contribution in [-0.2, 0) is 0 Å². The van der Waals surface area contributed by atoms with Gasteiger partial charge >= 0.3 is 5.97 Å². The van der Waals surface area contributed by atoms with E-state index in [0.717, 1.165) is 5.69 Å². The minimum atomic E-state index is -1.02. The molecule has 0 aliphatic rings. The zero-order valence-electron chi connectivity index (χ0n) is 8.44. The minimum Gasteiger partial charge on any atom is -0.480 e. The predicted octanol–water partition coefficient (Wildman–Crippen LogP) is 1.91. The summed E-state index contributed by atoms with van der Waals surface area (Å²) in [5.41, 5.74) is 0.920. The molecule has 14 heavy (non-hydrogen) atoms. The SMILES string of the molecule is COc1nc(C(C)C)ccc1C(=O)O. The van der Waals surface area contributed by atoms with Crippen LogP contribution >= 0.6 is 0 Å². The zero-order chi connectivity index (χ0) is 10.7. The van der Waals surface area contributed by atoms with Crippen molar-refractivity contribution < 1.29 is 14.6 Å². The number of pyridine rings is 1. The second-order valence-electron chi connectivity index (χ2n) is 3.25. The highest BCUT2D eigenvalue weighted by atomic mass is 16.5. The highest BCUT2D eigenvalue weighted by molar-refractivity contribution is 5.90. The Morgan fingerprint density at radius 3 is 2.57 bits per heavy atom. The molecular formula is C10H13NO3. The Bertz CT molecular complexity index is 347. The van der Waals surface area contributed by atoms with Crippen LogP contribution in [0.2, 0.25) is 0 Å². The number of hydrogen-bond acceptors (Lipinski definition) is 3. The molecule has 0 radical (unpaired) electrons. The summed E-state index contributed by atoms with van der Waals surface area (Å²) in [6, 6.07) is 3.22. The fourth-order valence-electron chi connectivity index (χ4n) is 1.09. The fourth-order valence-corrected chi connectivity index (χ4v) is 1.09. The Labute approximate surface area is 82.5 Å². The van der Waals surface area contributed by atoms with Crippen molar-refractivity contribution in [1.82, 2.24) is 4.98 Å². The van der Waals surface area contributed by atoms with E-state index in [1.165, 1.54) is 13.2 Å². The average molecular weight is 195 g/mol. The third kappa shape index (κ3) is 2.02.